The Morgan fingerprint density at radius 2 is 1.88 bits per heavy atom. The van der Waals surface area contributed by atoms with E-state index in [2.05, 4.69) is 20.0 Å². The van der Waals surface area contributed by atoms with Crippen molar-refractivity contribution < 1.29 is 21.9 Å². The molecule has 1 fully saturated rings. The maximum absolute atomic E-state index is 14.6. The highest BCUT2D eigenvalue weighted by Gasteiger charge is 2.23. The number of nitrogens with one attached hydrogen (secondary N) is 2. The molecule has 0 radical (unpaired) electrons. The fourth-order valence-corrected chi connectivity index (χ4v) is 4.60. The lowest BCUT2D eigenvalue weighted by molar-refractivity contribution is 0.413. The molecule has 0 bridgehead atoms. The lowest BCUT2D eigenvalue weighted by Crippen LogP contribution is -2.46. The summed E-state index contributed by atoms with van der Waals surface area (Å²) in [5.41, 5.74) is 1.33. The van der Waals surface area contributed by atoms with Gasteiger partial charge in [-0.25, -0.2) is 18.9 Å². The number of anilines is 3. The predicted octanol–water partition coefficient (Wildman–Crippen LogP) is 2.94. The maximum Gasteiger partial charge on any atom is 0.274 e. The first-order valence-electron chi connectivity index (χ1n) is 10.5. The highest BCUT2D eigenvalue weighted by atomic mass is 32.2. The van der Waals surface area contributed by atoms with Gasteiger partial charge in [-0.2, -0.15) is 13.1 Å². The first kappa shape index (κ1) is 23.8. The Kier molecular flexibility index (Phi) is 6.91. The fourth-order valence-electron chi connectivity index (χ4n) is 3.90. The summed E-state index contributed by atoms with van der Waals surface area (Å²) in [6, 6.07) is 8.83. The minimum atomic E-state index is -3.76. The van der Waals surface area contributed by atoms with E-state index in [1.165, 1.54) is 37.7 Å². The van der Waals surface area contributed by atoms with Crippen LogP contribution in [0.2, 0.25) is 0 Å². The van der Waals surface area contributed by atoms with Crippen LogP contribution in [-0.2, 0) is 10.2 Å². The number of halogens is 2. The molecule has 0 unspecified atom stereocenters. The summed E-state index contributed by atoms with van der Waals surface area (Å²) < 4.78 is 59.2. The van der Waals surface area contributed by atoms with Crippen molar-refractivity contribution in [3.8, 4) is 17.0 Å². The third kappa shape index (κ3) is 5.58. The summed E-state index contributed by atoms with van der Waals surface area (Å²) in [5, 5.41) is 7.96. The van der Waals surface area contributed by atoms with E-state index in [4.69, 9.17) is 9.88 Å². The van der Waals surface area contributed by atoms with E-state index in [0.29, 0.717) is 31.7 Å². The summed E-state index contributed by atoms with van der Waals surface area (Å²) >= 11 is 0. The van der Waals surface area contributed by atoms with Gasteiger partial charge in [-0.15, -0.1) is 0 Å². The summed E-state index contributed by atoms with van der Waals surface area (Å²) in [7, 11) is -2.32. The van der Waals surface area contributed by atoms with Gasteiger partial charge in [-0.3, -0.25) is 4.98 Å². The van der Waals surface area contributed by atoms with Gasteiger partial charge in [0.15, 0.2) is 0 Å². The summed E-state index contributed by atoms with van der Waals surface area (Å²) in [6.07, 6.45) is 3.94. The van der Waals surface area contributed by atoms with Crippen LogP contribution in [0.5, 0.6) is 5.75 Å². The molecule has 1 aliphatic rings. The molecular weight excluding hydrogens is 466 g/mol. The molecule has 3 aromatic rings. The lowest BCUT2D eigenvalue weighted by atomic mass is 10.1. The zero-order valence-electron chi connectivity index (χ0n) is 18.3. The predicted molar refractivity (Wildman–Crippen MR) is 125 cm³/mol. The molecule has 2 heterocycles. The first-order chi connectivity index (χ1) is 16.2. The summed E-state index contributed by atoms with van der Waals surface area (Å²) in [6.45, 7) is 1.14. The van der Waals surface area contributed by atoms with E-state index in [1.54, 1.807) is 18.2 Å². The molecule has 1 aromatic heterocycles. The largest absolute Gasteiger partial charge is 0.496 e. The van der Waals surface area contributed by atoms with Gasteiger partial charge in [0.05, 0.1) is 36.4 Å². The van der Waals surface area contributed by atoms with Crippen LogP contribution < -0.4 is 24.8 Å². The highest BCUT2D eigenvalue weighted by molar-refractivity contribution is 7.87. The summed E-state index contributed by atoms with van der Waals surface area (Å²) in [5.74, 6) is -0.473. The molecular formula is C22H24F2N6O3S. The number of nitrogens with zero attached hydrogens (tertiary/aromatic N) is 3. The number of piperidine rings is 1. The molecule has 4 rings (SSSR count). The molecule has 0 amide bonds. The second kappa shape index (κ2) is 9.87. The number of aromatic nitrogens is 2. The van der Waals surface area contributed by atoms with Crippen LogP contribution in [0.3, 0.4) is 0 Å². The number of hydrogen-bond acceptors (Lipinski definition) is 7. The van der Waals surface area contributed by atoms with E-state index in [-0.39, 0.29) is 28.8 Å². The lowest BCUT2D eigenvalue weighted by Gasteiger charge is -2.33. The molecule has 12 heteroatoms. The number of benzene rings is 2. The van der Waals surface area contributed by atoms with E-state index in [9.17, 15) is 17.2 Å². The van der Waals surface area contributed by atoms with Crippen molar-refractivity contribution in [1.29, 1.82) is 0 Å². The van der Waals surface area contributed by atoms with Crippen LogP contribution in [0.25, 0.3) is 11.3 Å². The smallest absolute Gasteiger partial charge is 0.274 e. The van der Waals surface area contributed by atoms with E-state index < -0.39 is 21.8 Å². The molecule has 1 saturated heterocycles. The van der Waals surface area contributed by atoms with E-state index in [0.717, 1.165) is 5.69 Å². The second-order valence-electron chi connectivity index (χ2n) is 7.82. The molecule has 1 aliphatic heterocycles. The quantitative estimate of drug-likeness (QED) is 0.465. The molecule has 4 N–H and O–H groups in total. The van der Waals surface area contributed by atoms with Crippen LogP contribution in [0, 0.1) is 11.6 Å². The molecule has 2 aromatic carbocycles. The van der Waals surface area contributed by atoms with Crippen molar-refractivity contribution in [3.63, 3.8) is 0 Å². The normalized spacial score (nSPS) is 14.8. The van der Waals surface area contributed by atoms with Gasteiger partial charge in [0, 0.05) is 24.8 Å². The molecule has 180 valence electrons. The minimum absolute atomic E-state index is 0.159. The molecule has 0 aliphatic carbocycles. The third-order valence-corrected chi connectivity index (χ3v) is 6.15. The highest BCUT2D eigenvalue weighted by Crippen LogP contribution is 2.32. The number of ether oxygens (including phenoxy) is 1. The SMILES string of the molecule is COc1cccc(F)c1-c1cncc(Nc2cc(N3CCC(NS(N)(=O)=O)CC3)ccc2F)n1. The minimum Gasteiger partial charge on any atom is -0.496 e. The van der Waals surface area contributed by atoms with Crippen LogP contribution in [0.15, 0.2) is 48.8 Å². The molecule has 0 saturated carbocycles. The Morgan fingerprint density at radius 1 is 1.12 bits per heavy atom. The van der Waals surface area contributed by atoms with Gasteiger partial charge in [0.2, 0.25) is 0 Å². The average Bonchev–Trinajstić information content (AvgIpc) is 2.80. The topological polar surface area (TPSA) is 122 Å². The van der Waals surface area contributed by atoms with Gasteiger partial charge in [0.1, 0.15) is 23.2 Å². The molecule has 34 heavy (non-hydrogen) atoms. The number of nitrogens with two attached hydrogens (primary N) is 1. The van der Waals surface area contributed by atoms with E-state index in [1.807, 2.05) is 4.90 Å². The van der Waals surface area contributed by atoms with E-state index >= 15 is 0 Å². The molecule has 0 spiro atoms. The van der Waals surface area contributed by atoms with Crippen molar-refractivity contribution in [2.45, 2.75) is 18.9 Å². The average molecular weight is 491 g/mol. The zero-order chi connectivity index (χ0) is 24.3. The Balaban J connectivity index is 1.53. The van der Waals surface area contributed by atoms with Gasteiger partial charge >= 0.3 is 0 Å². The van der Waals surface area contributed by atoms with Crippen molar-refractivity contribution in [1.82, 2.24) is 14.7 Å². The zero-order valence-corrected chi connectivity index (χ0v) is 19.1. The molecule has 9 nitrogen and oxygen atoms in total. The Hall–Kier alpha value is -3.35. The number of rotatable bonds is 7. The van der Waals surface area contributed by atoms with Crippen molar-refractivity contribution in [3.05, 3.63) is 60.4 Å². The second-order valence-corrected chi connectivity index (χ2v) is 9.15. The summed E-state index contributed by atoms with van der Waals surface area (Å²) in [4.78, 5) is 10.5. The fraction of sp³-hybridized carbons (Fsp3) is 0.273. The van der Waals surface area contributed by atoms with Gasteiger partial charge in [-0.1, -0.05) is 6.07 Å². The van der Waals surface area contributed by atoms with Crippen LogP contribution in [0.1, 0.15) is 12.8 Å². The maximum atomic E-state index is 14.6. The van der Waals surface area contributed by atoms with Gasteiger partial charge in [0.25, 0.3) is 10.2 Å². The third-order valence-electron chi connectivity index (χ3n) is 5.49. The Labute approximate surface area is 196 Å². The van der Waals surface area contributed by atoms with Crippen molar-refractivity contribution >= 4 is 27.4 Å². The Bertz CT molecular complexity index is 1280. The van der Waals surface area contributed by atoms with Gasteiger partial charge in [-0.05, 0) is 43.2 Å². The number of hydrogen-bond donors (Lipinski definition) is 3. The monoisotopic (exact) mass is 490 g/mol. The Morgan fingerprint density at radius 3 is 2.59 bits per heavy atom. The van der Waals surface area contributed by atoms with Crippen LogP contribution >= 0.6 is 0 Å². The standard InChI is InChI=1S/C22H24F2N6O3S/c1-33-20-4-2-3-17(24)22(20)19-12-26-13-21(28-19)27-18-11-15(5-6-16(18)23)30-9-7-14(8-10-30)29-34(25,31)32/h2-6,11-14,29H,7-10H2,1H3,(H,27,28)(H2,25,31,32). The van der Waals surface area contributed by atoms with Crippen molar-refractivity contribution in [2.24, 2.45) is 5.14 Å². The number of methoxy groups -OCH3 is 1. The van der Waals surface area contributed by atoms with Gasteiger partial charge < -0.3 is 15.0 Å². The first-order valence-corrected chi connectivity index (χ1v) is 12.0. The van der Waals surface area contributed by atoms with Crippen LogP contribution in [0.4, 0.5) is 26.0 Å². The van der Waals surface area contributed by atoms with Crippen LogP contribution in [-0.4, -0.2) is 44.6 Å². The van der Waals surface area contributed by atoms with Crippen molar-refractivity contribution in [2.75, 3.05) is 30.4 Å². The molecule has 0 atom stereocenters.